The van der Waals surface area contributed by atoms with Gasteiger partial charge in [0.2, 0.25) is 5.89 Å². The van der Waals surface area contributed by atoms with Crippen LogP contribution < -0.4 is 4.74 Å². The fourth-order valence-corrected chi connectivity index (χ4v) is 3.04. The van der Waals surface area contributed by atoms with Gasteiger partial charge in [-0.1, -0.05) is 12.1 Å². The van der Waals surface area contributed by atoms with E-state index in [4.69, 9.17) is 13.9 Å². The number of hydrogen-bond donors (Lipinski definition) is 0. The molecule has 1 aliphatic rings. The molecule has 7 heteroatoms. The molecule has 0 aliphatic carbocycles. The van der Waals surface area contributed by atoms with Crippen molar-refractivity contribution < 1.29 is 13.9 Å². The molecule has 26 heavy (non-hydrogen) atoms. The Kier molecular flexibility index (Phi) is 4.64. The first kappa shape index (κ1) is 16.7. The number of aromatic nitrogens is 3. The van der Waals surface area contributed by atoms with E-state index >= 15 is 0 Å². The van der Waals surface area contributed by atoms with E-state index < -0.39 is 0 Å². The molecular weight excluding hydrogens is 332 g/mol. The predicted octanol–water partition coefficient (Wildman–Crippen LogP) is 3.32. The Morgan fingerprint density at radius 1 is 1.12 bits per heavy atom. The maximum atomic E-state index is 5.94. The molecule has 3 aromatic rings. The van der Waals surface area contributed by atoms with Crippen LogP contribution >= 0.6 is 0 Å². The van der Waals surface area contributed by atoms with Crippen molar-refractivity contribution in [2.45, 2.75) is 19.1 Å². The number of para-hydroxylation sites is 1. The van der Waals surface area contributed by atoms with Crippen LogP contribution in [-0.4, -0.2) is 46.3 Å². The number of rotatable bonds is 4. The lowest BCUT2D eigenvalue weighted by Gasteiger charge is -2.32. The van der Waals surface area contributed by atoms with Crippen LogP contribution in [0.25, 0.3) is 11.5 Å². The molecular formula is C19H20N4O3. The zero-order valence-corrected chi connectivity index (χ0v) is 14.7. The molecule has 1 fully saturated rings. The molecule has 2 atom stereocenters. The first-order chi connectivity index (χ1) is 12.7. The number of hydrogen-bond acceptors (Lipinski definition) is 7. The Bertz CT molecular complexity index is 858. The summed E-state index contributed by atoms with van der Waals surface area (Å²) in [5, 5.41) is 8.40. The SMILES string of the molecule is C[C@@H]1CN(C)C[C@H](c2nnc(-c3ccccc3Oc3cccnc3)o2)O1. The summed E-state index contributed by atoms with van der Waals surface area (Å²) >= 11 is 0. The van der Waals surface area contributed by atoms with E-state index in [0.717, 1.165) is 18.7 Å². The van der Waals surface area contributed by atoms with Gasteiger partial charge in [0, 0.05) is 19.3 Å². The summed E-state index contributed by atoms with van der Waals surface area (Å²) in [5.41, 5.74) is 0.729. The summed E-state index contributed by atoms with van der Waals surface area (Å²) in [4.78, 5) is 6.26. The molecule has 0 saturated carbocycles. The van der Waals surface area contributed by atoms with E-state index in [2.05, 4.69) is 27.1 Å². The molecule has 0 amide bonds. The molecule has 0 spiro atoms. The van der Waals surface area contributed by atoms with Gasteiger partial charge in [0.15, 0.2) is 0 Å². The van der Waals surface area contributed by atoms with Gasteiger partial charge in [0.25, 0.3) is 5.89 Å². The van der Waals surface area contributed by atoms with Crippen LogP contribution in [0.5, 0.6) is 11.5 Å². The molecule has 134 valence electrons. The van der Waals surface area contributed by atoms with Crippen LogP contribution in [0.3, 0.4) is 0 Å². The molecule has 3 heterocycles. The average molecular weight is 352 g/mol. The monoisotopic (exact) mass is 352 g/mol. The largest absolute Gasteiger partial charge is 0.455 e. The normalized spacial score (nSPS) is 20.8. The molecule has 2 aromatic heterocycles. The third-order valence-electron chi connectivity index (χ3n) is 4.14. The number of morpholine rings is 1. The Labute approximate surface area is 151 Å². The minimum atomic E-state index is -0.226. The summed E-state index contributed by atoms with van der Waals surface area (Å²) in [6.07, 6.45) is 3.25. The highest BCUT2D eigenvalue weighted by Gasteiger charge is 2.29. The Morgan fingerprint density at radius 2 is 2.00 bits per heavy atom. The summed E-state index contributed by atoms with van der Waals surface area (Å²) in [6, 6.07) is 11.2. The van der Waals surface area contributed by atoms with E-state index in [1.165, 1.54) is 0 Å². The van der Waals surface area contributed by atoms with Crippen molar-refractivity contribution in [2.75, 3.05) is 20.1 Å². The highest BCUT2D eigenvalue weighted by Crippen LogP contribution is 2.33. The quantitative estimate of drug-likeness (QED) is 0.713. The lowest BCUT2D eigenvalue weighted by molar-refractivity contribution is -0.0821. The fourth-order valence-electron chi connectivity index (χ4n) is 3.04. The first-order valence-electron chi connectivity index (χ1n) is 8.54. The number of pyridine rings is 1. The number of benzene rings is 1. The van der Waals surface area contributed by atoms with Crippen molar-refractivity contribution in [3.63, 3.8) is 0 Å². The van der Waals surface area contributed by atoms with Crippen molar-refractivity contribution in [3.05, 3.63) is 54.7 Å². The van der Waals surface area contributed by atoms with Gasteiger partial charge in [0.05, 0.1) is 17.9 Å². The van der Waals surface area contributed by atoms with Crippen LogP contribution in [0.2, 0.25) is 0 Å². The minimum Gasteiger partial charge on any atom is -0.455 e. The fraction of sp³-hybridized carbons (Fsp3) is 0.316. The van der Waals surface area contributed by atoms with E-state index in [0.29, 0.717) is 23.3 Å². The van der Waals surface area contributed by atoms with Gasteiger partial charge in [-0.2, -0.15) is 0 Å². The molecule has 1 saturated heterocycles. The summed E-state index contributed by atoms with van der Waals surface area (Å²) in [6.45, 7) is 3.65. The molecule has 7 nitrogen and oxygen atoms in total. The van der Waals surface area contributed by atoms with Crippen LogP contribution in [0.15, 0.2) is 53.2 Å². The smallest absolute Gasteiger partial charge is 0.251 e. The molecule has 4 rings (SSSR count). The van der Waals surface area contributed by atoms with Crippen molar-refractivity contribution in [1.82, 2.24) is 20.1 Å². The van der Waals surface area contributed by atoms with Crippen molar-refractivity contribution in [3.8, 4) is 23.0 Å². The van der Waals surface area contributed by atoms with E-state index in [1.54, 1.807) is 12.4 Å². The molecule has 0 radical (unpaired) electrons. The van der Waals surface area contributed by atoms with Crippen LogP contribution in [0, 0.1) is 0 Å². The molecule has 1 aliphatic heterocycles. The highest BCUT2D eigenvalue weighted by molar-refractivity contribution is 5.63. The third kappa shape index (κ3) is 3.58. The van der Waals surface area contributed by atoms with Gasteiger partial charge < -0.3 is 18.8 Å². The van der Waals surface area contributed by atoms with Crippen molar-refractivity contribution in [1.29, 1.82) is 0 Å². The topological polar surface area (TPSA) is 73.5 Å². The average Bonchev–Trinajstić information content (AvgIpc) is 3.12. The zero-order valence-electron chi connectivity index (χ0n) is 14.7. The maximum Gasteiger partial charge on any atom is 0.251 e. The van der Waals surface area contributed by atoms with Gasteiger partial charge in [0.1, 0.15) is 17.6 Å². The second-order valence-corrected chi connectivity index (χ2v) is 6.39. The van der Waals surface area contributed by atoms with E-state index in [1.807, 2.05) is 43.3 Å². The predicted molar refractivity (Wildman–Crippen MR) is 94.8 cm³/mol. The van der Waals surface area contributed by atoms with Crippen molar-refractivity contribution in [2.24, 2.45) is 0 Å². The maximum absolute atomic E-state index is 5.94. The lowest BCUT2D eigenvalue weighted by atomic mass is 10.2. The zero-order chi connectivity index (χ0) is 17.9. The Balaban J connectivity index is 1.60. The van der Waals surface area contributed by atoms with Crippen LogP contribution in [0.4, 0.5) is 0 Å². The highest BCUT2D eigenvalue weighted by atomic mass is 16.5. The van der Waals surface area contributed by atoms with Crippen LogP contribution in [0.1, 0.15) is 18.9 Å². The summed E-state index contributed by atoms with van der Waals surface area (Å²) in [5.74, 6) is 2.16. The first-order valence-corrected chi connectivity index (χ1v) is 8.54. The number of ether oxygens (including phenoxy) is 2. The van der Waals surface area contributed by atoms with Gasteiger partial charge in [-0.25, -0.2) is 0 Å². The standard InChI is InChI=1S/C19H20N4O3/c1-13-11-23(2)12-17(24-13)19-22-21-18(26-19)15-7-3-4-8-16(15)25-14-6-5-9-20-10-14/h3-10,13,17H,11-12H2,1-2H3/t13-,17-/m1/s1. The summed E-state index contributed by atoms with van der Waals surface area (Å²) in [7, 11) is 2.06. The van der Waals surface area contributed by atoms with E-state index in [-0.39, 0.29) is 12.2 Å². The van der Waals surface area contributed by atoms with E-state index in [9.17, 15) is 0 Å². The van der Waals surface area contributed by atoms with Gasteiger partial charge >= 0.3 is 0 Å². The third-order valence-corrected chi connectivity index (χ3v) is 4.14. The second-order valence-electron chi connectivity index (χ2n) is 6.39. The molecule has 0 unspecified atom stereocenters. The van der Waals surface area contributed by atoms with Crippen molar-refractivity contribution >= 4 is 0 Å². The van der Waals surface area contributed by atoms with Crippen LogP contribution in [-0.2, 0) is 4.74 Å². The van der Waals surface area contributed by atoms with Gasteiger partial charge in [-0.05, 0) is 38.2 Å². The molecule has 0 N–H and O–H groups in total. The lowest BCUT2D eigenvalue weighted by Crippen LogP contribution is -2.40. The number of nitrogens with zero attached hydrogens (tertiary/aromatic N) is 4. The minimum absolute atomic E-state index is 0.121. The molecule has 1 aromatic carbocycles. The molecule has 0 bridgehead atoms. The van der Waals surface area contributed by atoms with Gasteiger partial charge in [-0.3, -0.25) is 4.98 Å². The summed E-state index contributed by atoms with van der Waals surface area (Å²) < 4.78 is 17.8. The second kappa shape index (κ2) is 7.23. The number of likely N-dealkylation sites (N-methyl/N-ethyl adjacent to an activating group) is 1. The van der Waals surface area contributed by atoms with Gasteiger partial charge in [-0.15, -0.1) is 10.2 Å². The Hall–Kier alpha value is -2.77. The Morgan fingerprint density at radius 3 is 2.81 bits per heavy atom.